The maximum absolute atomic E-state index is 12.1. The molecule has 1 aliphatic heterocycles. The van der Waals surface area contributed by atoms with E-state index in [9.17, 15) is 9.59 Å². The fraction of sp³-hybridized carbons (Fsp3) is 0.176. The average Bonchev–Trinajstić information content (AvgIpc) is 2.55. The smallest absolute Gasteiger partial charge is 0.238 e. The number of amides is 2. The lowest BCUT2D eigenvalue weighted by Gasteiger charge is -2.23. The number of benzene rings is 2. The van der Waals surface area contributed by atoms with Gasteiger partial charge in [-0.2, -0.15) is 0 Å². The van der Waals surface area contributed by atoms with E-state index in [0.29, 0.717) is 11.6 Å². The van der Waals surface area contributed by atoms with Crippen LogP contribution in [0.5, 0.6) is 0 Å². The van der Waals surface area contributed by atoms with Gasteiger partial charge in [-0.25, -0.2) is 0 Å². The number of hydrogen-bond donors (Lipinski definition) is 2. The normalized spacial score (nSPS) is 16.4. The van der Waals surface area contributed by atoms with Crippen LogP contribution in [0.4, 0.5) is 5.69 Å². The minimum Gasteiger partial charge on any atom is -0.352 e. The Bertz CT molecular complexity index is 751. The van der Waals surface area contributed by atoms with Crippen molar-refractivity contribution in [2.24, 2.45) is 0 Å². The van der Waals surface area contributed by atoms with Gasteiger partial charge in [-0.3, -0.25) is 9.59 Å². The van der Waals surface area contributed by atoms with E-state index in [0.717, 1.165) is 16.1 Å². The van der Waals surface area contributed by atoms with Crippen molar-refractivity contribution < 1.29 is 9.59 Å². The zero-order chi connectivity index (χ0) is 16.2. The first-order chi connectivity index (χ1) is 11.1. The summed E-state index contributed by atoms with van der Waals surface area (Å²) >= 11 is 7.48. The largest absolute Gasteiger partial charge is 0.352 e. The highest BCUT2D eigenvalue weighted by Crippen LogP contribution is 2.36. The van der Waals surface area contributed by atoms with E-state index in [4.69, 9.17) is 11.6 Å². The number of rotatable bonds is 4. The van der Waals surface area contributed by atoms with Crippen LogP contribution in [-0.2, 0) is 16.1 Å². The lowest BCUT2D eigenvalue weighted by atomic mass is 10.2. The zero-order valence-electron chi connectivity index (χ0n) is 12.2. The summed E-state index contributed by atoms with van der Waals surface area (Å²) in [7, 11) is 0. The lowest BCUT2D eigenvalue weighted by molar-refractivity contribution is -0.124. The first-order valence-electron chi connectivity index (χ1n) is 7.20. The second kappa shape index (κ2) is 7.06. The predicted molar refractivity (Wildman–Crippen MR) is 92.6 cm³/mol. The molecule has 0 aromatic heterocycles. The van der Waals surface area contributed by atoms with Gasteiger partial charge in [0.1, 0.15) is 0 Å². The van der Waals surface area contributed by atoms with Crippen LogP contribution in [0.1, 0.15) is 12.0 Å². The van der Waals surface area contributed by atoms with Gasteiger partial charge in [-0.05, 0) is 23.8 Å². The first kappa shape index (κ1) is 15.9. The summed E-state index contributed by atoms with van der Waals surface area (Å²) in [4.78, 5) is 25.2. The Balaban J connectivity index is 1.58. The van der Waals surface area contributed by atoms with E-state index >= 15 is 0 Å². The molecule has 0 saturated carbocycles. The second-order valence-corrected chi connectivity index (χ2v) is 6.82. The number of carbonyl (C=O) groups is 2. The molecule has 3 rings (SSSR count). The topological polar surface area (TPSA) is 58.2 Å². The summed E-state index contributed by atoms with van der Waals surface area (Å²) in [6, 6.07) is 14.9. The highest BCUT2D eigenvalue weighted by Gasteiger charge is 2.28. The molecule has 2 aromatic carbocycles. The van der Waals surface area contributed by atoms with Gasteiger partial charge < -0.3 is 10.6 Å². The van der Waals surface area contributed by atoms with E-state index in [-0.39, 0.29) is 18.2 Å². The Labute approximate surface area is 143 Å². The Morgan fingerprint density at radius 1 is 1.17 bits per heavy atom. The van der Waals surface area contributed by atoms with Crippen LogP contribution >= 0.6 is 23.4 Å². The molecule has 0 saturated heterocycles. The van der Waals surface area contributed by atoms with Crippen molar-refractivity contribution in [2.75, 3.05) is 5.32 Å². The van der Waals surface area contributed by atoms with Crippen LogP contribution in [0, 0.1) is 0 Å². The predicted octanol–water partition coefficient (Wildman–Crippen LogP) is 3.46. The molecule has 2 aromatic rings. The van der Waals surface area contributed by atoms with Crippen molar-refractivity contribution in [1.29, 1.82) is 0 Å². The monoisotopic (exact) mass is 346 g/mol. The quantitative estimate of drug-likeness (QED) is 0.891. The van der Waals surface area contributed by atoms with Gasteiger partial charge in [0.15, 0.2) is 0 Å². The van der Waals surface area contributed by atoms with E-state index < -0.39 is 5.25 Å². The maximum Gasteiger partial charge on any atom is 0.238 e. The van der Waals surface area contributed by atoms with Gasteiger partial charge in [0.05, 0.1) is 10.9 Å². The molecule has 23 heavy (non-hydrogen) atoms. The van der Waals surface area contributed by atoms with E-state index in [1.165, 1.54) is 11.8 Å². The molecule has 0 bridgehead atoms. The first-order valence-corrected chi connectivity index (χ1v) is 8.46. The molecule has 2 amide bonds. The van der Waals surface area contributed by atoms with Gasteiger partial charge in [0.25, 0.3) is 0 Å². The van der Waals surface area contributed by atoms with Gasteiger partial charge in [0, 0.05) is 22.9 Å². The van der Waals surface area contributed by atoms with Crippen molar-refractivity contribution in [2.45, 2.75) is 23.1 Å². The van der Waals surface area contributed by atoms with Crippen molar-refractivity contribution in [3.05, 3.63) is 59.1 Å². The van der Waals surface area contributed by atoms with Crippen LogP contribution in [0.3, 0.4) is 0 Å². The fourth-order valence-corrected chi connectivity index (χ4v) is 3.62. The third kappa shape index (κ3) is 3.86. The second-order valence-electron chi connectivity index (χ2n) is 5.16. The number of halogens is 1. The van der Waals surface area contributed by atoms with Crippen LogP contribution in [0.15, 0.2) is 53.4 Å². The minimum absolute atomic E-state index is 0.134. The number of thioether (sulfide) groups is 1. The summed E-state index contributed by atoms with van der Waals surface area (Å²) in [6.07, 6.45) is 0.134. The van der Waals surface area contributed by atoms with Crippen molar-refractivity contribution >= 4 is 40.9 Å². The van der Waals surface area contributed by atoms with E-state index in [1.807, 2.05) is 42.5 Å². The summed E-state index contributed by atoms with van der Waals surface area (Å²) in [6.45, 7) is 0.355. The number of carbonyl (C=O) groups excluding carboxylic acids is 2. The van der Waals surface area contributed by atoms with Crippen LogP contribution < -0.4 is 10.6 Å². The third-order valence-electron chi connectivity index (χ3n) is 3.51. The van der Waals surface area contributed by atoms with Crippen LogP contribution in [0.25, 0.3) is 0 Å². The molecular weight excluding hydrogens is 332 g/mol. The molecule has 0 unspecified atom stereocenters. The van der Waals surface area contributed by atoms with E-state index in [1.54, 1.807) is 6.07 Å². The van der Waals surface area contributed by atoms with Crippen LogP contribution in [-0.4, -0.2) is 17.1 Å². The fourth-order valence-electron chi connectivity index (χ4n) is 2.30. The van der Waals surface area contributed by atoms with Gasteiger partial charge in [-0.1, -0.05) is 41.9 Å². The molecule has 4 nitrogen and oxygen atoms in total. The summed E-state index contributed by atoms with van der Waals surface area (Å²) in [5.74, 6) is -0.307. The van der Waals surface area contributed by atoms with Crippen molar-refractivity contribution in [1.82, 2.24) is 5.32 Å². The molecule has 1 aliphatic rings. The molecule has 2 N–H and O–H groups in total. The third-order valence-corrected chi connectivity index (χ3v) is 5.16. The minimum atomic E-state index is -0.420. The number of anilines is 1. The van der Waals surface area contributed by atoms with Gasteiger partial charge in [0.2, 0.25) is 11.8 Å². The number of nitrogens with one attached hydrogen (secondary N) is 2. The lowest BCUT2D eigenvalue weighted by Crippen LogP contribution is -2.34. The highest BCUT2D eigenvalue weighted by molar-refractivity contribution is 8.01. The molecule has 0 aliphatic carbocycles. The van der Waals surface area contributed by atoms with Crippen molar-refractivity contribution in [3.8, 4) is 0 Å². The summed E-state index contributed by atoms with van der Waals surface area (Å²) in [5.41, 5.74) is 1.66. The molecule has 0 fully saturated rings. The number of para-hydroxylation sites is 1. The molecular formula is C17H15ClN2O2S. The number of hydrogen-bond acceptors (Lipinski definition) is 3. The summed E-state index contributed by atoms with van der Waals surface area (Å²) in [5, 5.41) is 5.85. The molecule has 118 valence electrons. The Kier molecular flexibility index (Phi) is 4.88. The van der Waals surface area contributed by atoms with Crippen molar-refractivity contribution in [3.63, 3.8) is 0 Å². The Morgan fingerprint density at radius 3 is 2.74 bits per heavy atom. The standard InChI is InChI=1S/C17H15ClN2O2S/c18-12-6-2-1-5-11(12)10-19-16(21)9-15-17(22)20-13-7-3-4-8-14(13)23-15/h1-8,15H,9-10H2,(H,19,21)(H,20,22)/t15-/m1/s1. The summed E-state index contributed by atoms with van der Waals surface area (Å²) < 4.78 is 0. The van der Waals surface area contributed by atoms with Crippen LogP contribution in [0.2, 0.25) is 5.02 Å². The highest BCUT2D eigenvalue weighted by atomic mass is 35.5. The molecule has 6 heteroatoms. The average molecular weight is 347 g/mol. The Morgan fingerprint density at radius 2 is 1.91 bits per heavy atom. The molecule has 1 atom stereocenters. The van der Waals surface area contributed by atoms with E-state index in [2.05, 4.69) is 10.6 Å². The molecule has 0 spiro atoms. The number of fused-ring (bicyclic) bond motifs is 1. The molecule has 1 heterocycles. The Hall–Kier alpha value is -1.98. The maximum atomic E-state index is 12.1. The van der Waals surface area contributed by atoms with Gasteiger partial charge >= 0.3 is 0 Å². The molecule has 0 radical (unpaired) electrons. The zero-order valence-corrected chi connectivity index (χ0v) is 13.8. The van der Waals surface area contributed by atoms with Gasteiger partial charge in [-0.15, -0.1) is 11.8 Å². The SMILES string of the molecule is O=C(C[C@H]1Sc2ccccc2NC1=O)NCc1ccccc1Cl.